The van der Waals surface area contributed by atoms with E-state index >= 15 is 0 Å². The molecule has 1 N–H and O–H groups in total. The molecule has 142 valence electrons. The fourth-order valence-corrected chi connectivity index (χ4v) is 3.52. The second kappa shape index (κ2) is 8.53. The number of nitrogens with zero attached hydrogens (tertiary/aromatic N) is 2. The van der Waals surface area contributed by atoms with E-state index in [-0.39, 0.29) is 18.1 Å². The minimum Gasteiger partial charge on any atom is -0.490 e. The topological polar surface area (TPSA) is 74.5 Å². The quantitative estimate of drug-likeness (QED) is 0.846. The van der Waals surface area contributed by atoms with Crippen LogP contribution in [0.3, 0.4) is 0 Å². The number of halogens is 2. The maximum absolute atomic E-state index is 13.6. The standard InChI is InChI=1S/C20H21ClFN3O2/c1-12-19(22)8-14(11-24-12)20(26)25-15-3-6-16(7-4-15)27-17-5-2-13(10-23)18(21)9-17/h2,5,8-9,14-16H,3-4,6-7,11H2,1H3,(H,25,26)/t14?,15-,16-. The van der Waals surface area contributed by atoms with Gasteiger partial charge in [-0.05, 0) is 50.8 Å². The average Bonchev–Trinajstić information content (AvgIpc) is 2.65. The highest BCUT2D eigenvalue weighted by molar-refractivity contribution is 6.31. The van der Waals surface area contributed by atoms with Gasteiger partial charge in [0.15, 0.2) is 0 Å². The van der Waals surface area contributed by atoms with Gasteiger partial charge in [-0.2, -0.15) is 5.26 Å². The van der Waals surface area contributed by atoms with Gasteiger partial charge in [-0.25, -0.2) is 4.39 Å². The number of hydrogen-bond donors (Lipinski definition) is 1. The summed E-state index contributed by atoms with van der Waals surface area (Å²) in [6, 6.07) is 7.12. The molecule has 1 fully saturated rings. The molecule has 1 unspecified atom stereocenters. The summed E-state index contributed by atoms with van der Waals surface area (Å²) in [6.45, 7) is 1.89. The maximum Gasteiger partial charge on any atom is 0.229 e. The Morgan fingerprint density at radius 2 is 2.11 bits per heavy atom. The third-order valence-corrected chi connectivity index (χ3v) is 5.25. The van der Waals surface area contributed by atoms with Crippen molar-refractivity contribution in [2.24, 2.45) is 10.9 Å². The highest BCUT2D eigenvalue weighted by atomic mass is 35.5. The zero-order valence-electron chi connectivity index (χ0n) is 15.0. The second-order valence-corrected chi connectivity index (χ2v) is 7.31. The Bertz CT molecular complexity index is 823. The number of dihydropyridines is 1. The van der Waals surface area contributed by atoms with E-state index in [1.165, 1.54) is 6.08 Å². The van der Waals surface area contributed by atoms with Crippen LogP contribution in [0.2, 0.25) is 5.02 Å². The molecule has 0 aromatic heterocycles. The molecule has 1 aliphatic heterocycles. The Balaban J connectivity index is 1.47. The Kier molecular flexibility index (Phi) is 6.12. The van der Waals surface area contributed by atoms with Crippen molar-refractivity contribution in [3.63, 3.8) is 0 Å². The van der Waals surface area contributed by atoms with Crippen LogP contribution in [-0.4, -0.2) is 30.3 Å². The van der Waals surface area contributed by atoms with Crippen LogP contribution in [0.15, 0.2) is 35.1 Å². The molecule has 2 aliphatic rings. The van der Waals surface area contributed by atoms with Gasteiger partial charge in [0.05, 0.1) is 34.9 Å². The van der Waals surface area contributed by atoms with Gasteiger partial charge in [0.2, 0.25) is 5.91 Å². The third kappa shape index (κ3) is 4.86. The number of carbonyl (C=O) groups excluding carboxylic acids is 1. The van der Waals surface area contributed by atoms with Crippen LogP contribution in [0.5, 0.6) is 5.75 Å². The van der Waals surface area contributed by atoms with Crippen molar-refractivity contribution in [3.05, 3.63) is 40.7 Å². The van der Waals surface area contributed by atoms with Crippen LogP contribution in [-0.2, 0) is 4.79 Å². The Morgan fingerprint density at radius 3 is 2.74 bits per heavy atom. The molecule has 5 nitrogen and oxygen atoms in total. The molecule has 0 bridgehead atoms. The predicted molar refractivity (Wildman–Crippen MR) is 102 cm³/mol. The second-order valence-electron chi connectivity index (χ2n) is 6.90. The number of rotatable bonds is 4. The first kappa shape index (κ1) is 19.4. The molecule has 0 saturated heterocycles. The lowest BCUT2D eigenvalue weighted by Crippen LogP contribution is -2.43. The Hall–Kier alpha value is -2.39. The third-order valence-electron chi connectivity index (χ3n) is 4.94. The first-order chi connectivity index (χ1) is 13.0. The smallest absolute Gasteiger partial charge is 0.229 e. The summed E-state index contributed by atoms with van der Waals surface area (Å²) in [6.07, 6.45) is 4.58. The van der Waals surface area contributed by atoms with Gasteiger partial charge in [0.1, 0.15) is 17.6 Å². The largest absolute Gasteiger partial charge is 0.490 e. The van der Waals surface area contributed by atoms with Crippen molar-refractivity contribution in [2.75, 3.05) is 6.54 Å². The molecule has 0 spiro atoms. The first-order valence-electron chi connectivity index (χ1n) is 9.01. The molecule has 7 heteroatoms. The monoisotopic (exact) mass is 389 g/mol. The summed E-state index contributed by atoms with van der Waals surface area (Å²) in [7, 11) is 0. The molecule has 3 rings (SSSR count). The number of allylic oxidation sites excluding steroid dienone is 1. The van der Waals surface area contributed by atoms with E-state index in [2.05, 4.69) is 10.3 Å². The Labute approximate surface area is 162 Å². The van der Waals surface area contributed by atoms with E-state index < -0.39 is 11.7 Å². The highest BCUT2D eigenvalue weighted by Crippen LogP contribution is 2.27. The van der Waals surface area contributed by atoms with Crippen molar-refractivity contribution in [2.45, 2.75) is 44.8 Å². The minimum atomic E-state index is -0.538. The van der Waals surface area contributed by atoms with Crippen molar-refractivity contribution >= 4 is 23.2 Å². The molecule has 1 saturated carbocycles. The lowest BCUT2D eigenvalue weighted by Gasteiger charge is -2.30. The van der Waals surface area contributed by atoms with Gasteiger partial charge in [-0.15, -0.1) is 0 Å². The normalized spacial score (nSPS) is 25.0. The predicted octanol–water partition coefficient (Wildman–Crippen LogP) is 3.96. The Morgan fingerprint density at radius 1 is 1.37 bits per heavy atom. The molecule has 1 atom stereocenters. The van der Waals surface area contributed by atoms with Crippen LogP contribution in [0.4, 0.5) is 4.39 Å². The van der Waals surface area contributed by atoms with Crippen LogP contribution < -0.4 is 10.1 Å². The highest BCUT2D eigenvalue weighted by Gasteiger charge is 2.27. The van der Waals surface area contributed by atoms with Gasteiger partial charge in [0, 0.05) is 12.1 Å². The molecular weight excluding hydrogens is 369 g/mol. The number of nitrogens with one attached hydrogen (secondary N) is 1. The lowest BCUT2D eigenvalue weighted by atomic mass is 9.92. The molecule has 1 amide bonds. The fourth-order valence-electron chi connectivity index (χ4n) is 3.30. The van der Waals surface area contributed by atoms with E-state index in [9.17, 15) is 9.18 Å². The van der Waals surface area contributed by atoms with Crippen molar-refractivity contribution in [3.8, 4) is 11.8 Å². The van der Waals surface area contributed by atoms with E-state index in [1.54, 1.807) is 25.1 Å². The van der Waals surface area contributed by atoms with E-state index in [1.807, 2.05) is 6.07 Å². The van der Waals surface area contributed by atoms with Gasteiger partial charge in [0.25, 0.3) is 0 Å². The zero-order chi connectivity index (χ0) is 19.4. The van der Waals surface area contributed by atoms with Crippen LogP contribution in [0.25, 0.3) is 0 Å². The minimum absolute atomic E-state index is 0.0430. The molecule has 1 aliphatic carbocycles. The number of carbonyl (C=O) groups is 1. The van der Waals surface area contributed by atoms with E-state index in [4.69, 9.17) is 21.6 Å². The number of nitriles is 1. The van der Waals surface area contributed by atoms with Gasteiger partial charge in [-0.1, -0.05) is 11.6 Å². The van der Waals surface area contributed by atoms with Crippen molar-refractivity contribution in [1.29, 1.82) is 5.26 Å². The molecular formula is C20H21ClFN3O2. The van der Waals surface area contributed by atoms with Gasteiger partial charge < -0.3 is 10.1 Å². The van der Waals surface area contributed by atoms with Crippen molar-refractivity contribution < 1.29 is 13.9 Å². The number of ether oxygens (including phenoxy) is 1. The average molecular weight is 390 g/mol. The van der Waals surface area contributed by atoms with E-state index in [0.717, 1.165) is 25.7 Å². The van der Waals surface area contributed by atoms with Gasteiger partial charge >= 0.3 is 0 Å². The number of benzene rings is 1. The number of amides is 1. The molecule has 1 aromatic rings. The molecule has 0 radical (unpaired) electrons. The van der Waals surface area contributed by atoms with Crippen LogP contribution in [0, 0.1) is 17.2 Å². The van der Waals surface area contributed by atoms with Crippen LogP contribution in [0.1, 0.15) is 38.2 Å². The summed E-state index contributed by atoms with van der Waals surface area (Å²) < 4.78 is 19.6. The molecule has 27 heavy (non-hydrogen) atoms. The summed E-state index contributed by atoms with van der Waals surface area (Å²) in [5.74, 6) is -0.491. The fraction of sp³-hybridized carbons (Fsp3) is 0.450. The number of aliphatic imine (C=N–C) groups is 1. The van der Waals surface area contributed by atoms with Crippen molar-refractivity contribution in [1.82, 2.24) is 5.32 Å². The van der Waals surface area contributed by atoms with Crippen LogP contribution >= 0.6 is 11.6 Å². The summed E-state index contributed by atoms with van der Waals surface area (Å²) in [5.41, 5.74) is 0.766. The van der Waals surface area contributed by atoms with E-state index in [0.29, 0.717) is 28.6 Å². The first-order valence-corrected chi connectivity index (χ1v) is 9.39. The zero-order valence-corrected chi connectivity index (χ0v) is 15.8. The SMILES string of the molecule is CC1=NCC(C(=O)N[C@H]2CC[C@H](Oc3ccc(C#N)c(Cl)c3)CC2)C=C1F. The summed E-state index contributed by atoms with van der Waals surface area (Å²) in [5, 5.41) is 12.3. The molecule has 1 aromatic carbocycles. The number of hydrogen-bond acceptors (Lipinski definition) is 4. The van der Waals surface area contributed by atoms with Gasteiger partial charge in [-0.3, -0.25) is 9.79 Å². The molecule has 1 heterocycles. The maximum atomic E-state index is 13.6. The lowest BCUT2D eigenvalue weighted by molar-refractivity contribution is -0.124. The summed E-state index contributed by atoms with van der Waals surface area (Å²) >= 11 is 6.03. The summed E-state index contributed by atoms with van der Waals surface area (Å²) in [4.78, 5) is 16.4.